The maximum atomic E-state index is 13.3. The fraction of sp³-hybridized carbons (Fsp3) is 0.370. The number of nitrogens with zero attached hydrogens (tertiary/aromatic N) is 3. The lowest BCUT2D eigenvalue weighted by Gasteiger charge is -2.40. The number of ether oxygens (including phenoxy) is 1. The summed E-state index contributed by atoms with van der Waals surface area (Å²) in [5.41, 5.74) is 4.66. The summed E-state index contributed by atoms with van der Waals surface area (Å²) in [6.07, 6.45) is 3.57. The van der Waals surface area contributed by atoms with Crippen LogP contribution in [0, 0.1) is 20.8 Å². The van der Waals surface area contributed by atoms with Crippen LogP contribution in [0.4, 0.5) is 5.69 Å². The van der Waals surface area contributed by atoms with Gasteiger partial charge in [-0.25, -0.2) is 13.1 Å². The molecule has 1 saturated heterocycles. The standard InChI is InChI=1S/C27H34N4O3S/c1-20-16-21(2)27(22(3)17-20)35(32,33)29-19-25(23-8-7-11-28-18-23)31-14-12-30(13-15-31)24-9-5-6-10-26(24)34-4/h5-11,16-18,25,29H,12-15,19H2,1-4H3/t25-/m1/s1. The van der Waals surface area contributed by atoms with Crippen molar-refractivity contribution in [2.24, 2.45) is 0 Å². The van der Waals surface area contributed by atoms with Crippen molar-refractivity contribution in [1.82, 2.24) is 14.6 Å². The van der Waals surface area contributed by atoms with E-state index in [9.17, 15) is 8.42 Å². The number of benzene rings is 2. The second-order valence-electron chi connectivity index (χ2n) is 9.08. The first-order valence-corrected chi connectivity index (χ1v) is 13.4. The Balaban J connectivity index is 1.52. The number of pyridine rings is 1. The summed E-state index contributed by atoms with van der Waals surface area (Å²) >= 11 is 0. The lowest BCUT2D eigenvalue weighted by atomic mass is 10.1. The van der Waals surface area contributed by atoms with E-state index in [1.165, 1.54) is 0 Å². The number of aromatic nitrogens is 1. The summed E-state index contributed by atoms with van der Waals surface area (Å²) in [7, 11) is -1.98. The van der Waals surface area contributed by atoms with Gasteiger partial charge >= 0.3 is 0 Å². The first kappa shape index (κ1) is 25.2. The molecule has 0 amide bonds. The molecule has 35 heavy (non-hydrogen) atoms. The van der Waals surface area contributed by atoms with Crippen molar-refractivity contribution in [1.29, 1.82) is 0 Å². The van der Waals surface area contributed by atoms with Gasteiger partial charge in [0.15, 0.2) is 0 Å². The molecule has 0 radical (unpaired) electrons. The molecule has 0 spiro atoms. The van der Waals surface area contributed by atoms with Gasteiger partial charge in [0.05, 0.1) is 23.7 Å². The minimum absolute atomic E-state index is 0.121. The Labute approximate surface area is 208 Å². The number of piperazine rings is 1. The largest absolute Gasteiger partial charge is 0.495 e. The van der Waals surface area contributed by atoms with Crippen LogP contribution < -0.4 is 14.4 Å². The lowest BCUT2D eigenvalue weighted by Crippen LogP contribution is -2.50. The molecular formula is C27H34N4O3S. The van der Waals surface area contributed by atoms with Gasteiger partial charge in [-0.05, 0) is 55.7 Å². The van der Waals surface area contributed by atoms with E-state index in [2.05, 4.69) is 25.6 Å². The summed E-state index contributed by atoms with van der Waals surface area (Å²) in [6, 6.07) is 15.7. The zero-order chi connectivity index (χ0) is 25.0. The smallest absolute Gasteiger partial charge is 0.241 e. The first-order chi connectivity index (χ1) is 16.8. The minimum Gasteiger partial charge on any atom is -0.495 e. The predicted octanol–water partition coefficient (Wildman–Crippen LogP) is 3.86. The van der Waals surface area contributed by atoms with Crippen LogP contribution >= 0.6 is 0 Å². The molecule has 186 valence electrons. The second-order valence-corrected chi connectivity index (χ2v) is 10.8. The topological polar surface area (TPSA) is 74.8 Å². The SMILES string of the molecule is COc1ccccc1N1CCN([C@H](CNS(=O)(=O)c2c(C)cc(C)cc2C)c2cccnc2)CC1. The van der Waals surface area contributed by atoms with Gasteiger partial charge < -0.3 is 9.64 Å². The van der Waals surface area contributed by atoms with E-state index in [-0.39, 0.29) is 12.6 Å². The van der Waals surface area contributed by atoms with Crippen molar-refractivity contribution in [2.45, 2.75) is 31.7 Å². The third-order valence-electron chi connectivity index (χ3n) is 6.59. The van der Waals surface area contributed by atoms with Crippen LogP contribution in [0.15, 0.2) is 65.8 Å². The summed E-state index contributed by atoms with van der Waals surface area (Å²) in [5.74, 6) is 0.862. The van der Waals surface area contributed by atoms with Crippen molar-refractivity contribution >= 4 is 15.7 Å². The molecule has 2 heterocycles. The zero-order valence-electron chi connectivity index (χ0n) is 20.9. The van der Waals surface area contributed by atoms with Crippen molar-refractivity contribution < 1.29 is 13.2 Å². The highest BCUT2D eigenvalue weighted by Gasteiger charge is 2.29. The van der Waals surface area contributed by atoms with Gasteiger partial charge in [0, 0.05) is 45.1 Å². The quantitative estimate of drug-likeness (QED) is 0.513. The van der Waals surface area contributed by atoms with Gasteiger partial charge in [-0.2, -0.15) is 0 Å². The van der Waals surface area contributed by atoms with Crippen LogP contribution in [0.2, 0.25) is 0 Å². The number of nitrogens with one attached hydrogen (secondary N) is 1. The van der Waals surface area contributed by atoms with E-state index in [4.69, 9.17) is 4.74 Å². The molecule has 4 rings (SSSR count). The Morgan fingerprint density at radius 2 is 1.69 bits per heavy atom. The Kier molecular flexibility index (Phi) is 7.74. The van der Waals surface area contributed by atoms with Crippen LogP contribution in [-0.2, 0) is 10.0 Å². The maximum Gasteiger partial charge on any atom is 0.241 e. The molecule has 7 nitrogen and oxygen atoms in total. The number of sulfonamides is 1. The second kappa shape index (κ2) is 10.8. The molecule has 1 atom stereocenters. The Morgan fingerprint density at radius 3 is 2.31 bits per heavy atom. The van der Waals surface area contributed by atoms with Gasteiger partial charge in [0.2, 0.25) is 10.0 Å². The van der Waals surface area contributed by atoms with Gasteiger partial charge in [-0.15, -0.1) is 0 Å². The Morgan fingerprint density at radius 1 is 1.00 bits per heavy atom. The molecule has 8 heteroatoms. The highest BCUT2D eigenvalue weighted by atomic mass is 32.2. The van der Waals surface area contributed by atoms with Crippen molar-refractivity contribution in [2.75, 3.05) is 44.7 Å². The molecule has 1 fully saturated rings. The van der Waals surface area contributed by atoms with E-state index in [0.29, 0.717) is 4.90 Å². The summed E-state index contributed by atoms with van der Waals surface area (Å²) in [4.78, 5) is 9.32. The third-order valence-corrected chi connectivity index (χ3v) is 8.32. The Hall–Kier alpha value is -2.94. The predicted molar refractivity (Wildman–Crippen MR) is 140 cm³/mol. The van der Waals surface area contributed by atoms with Crippen molar-refractivity contribution in [3.8, 4) is 5.75 Å². The molecule has 3 aromatic rings. The molecule has 0 aliphatic carbocycles. The summed E-state index contributed by atoms with van der Waals surface area (Å²) in [6.45, 7) is 9.18. The average molecular weight is 495 g/mol. The molecule has 0 saturated carbocycles. The lowest BCUT2D eigenvalue weighted by molar-refractivity contribution is 0.186. The van der Waals surface area contributed by atoms with Crippen LogP contribution in [0.1, 0.15) is 28.3 Å². The number of hydrogen-bond acceptors (Lipinski definition) is 6. The van der Waals surface area contributed by atoms with Crippen molar-refractivity contribution in [3.63, 3.8) is 0 Å². The van der Waals surface area contributed by atoms with Gasteiger partial charge in [-0.3, -0.25) is 9.88 Å². The average Bonchev–Trinajstić information content (AvgIpc) is 2.84. The first-order valence-electron chi connectivity index (χ1n) is 11.9. The van der Waals surface area contributed by atoms with E-state index in [1.54, 1.807) is 13.3 Å². The van der Waals surface area contributed by atoms with Gasteiger partial charge in [0.1, 0.15) is 5.75 Å². The maximum absolute atomic E-state index is 13.3. The minimum atomic E-state index is -3.67. The summed E-state index contributed by atoms with van der Waals surface area (Å²) < 4.78 is 35.1. The van der Waals surface area contributed by atoms with Gasteiger partial charge in [0.25, 0.3) is 0 Å². The molecular weight excluding hydrogens is 460 g/mol. The summed E-state index contributed by atoms with van der Waals surface area (Å²) in [5, 5.41) is 0. The molecule has 0 unspecified atom stereocenters. The van der Waals surface area contributed by atoms with E-state index in [1.807, 2.05) is 69.4 Å². The fourth-order valence-corrected chi connectivity index (χ4v) is 6.54. The molecule has 2 aromatic carbocycles. The van der Waals surface area contributed by atoms with Crippen molar-refractivity contribution in [3.05, 3.63) is 83.2 Å². The van der Waals surface area contributed by atoms with Crippen LogP contribution in [-0.4, -0.2) is 58.1 Å². The monoisotopic (exact) mass is 494 g/mol. The molecule has 1 N–H and O–H groups in total. The number of para-hydroxylation sites is 2. The number of anilines is 1. The number of hydrogen-bond donors (Lipinski definition) is 1. The molecule has 0 bridgehead atoms. The molecule has 1 aromatic heterocycles. The Bertz CT molecular complexity index is 1230. The highest BCUT2D eigenvalue weighted by Crippen LogP contribution is 2.30. The van der Waals surface area contributed by atoms with Crippen LogP contribution in [0.3, 0.4) is 0 Å². The van der Waals surface area contributed by atoms with E-state index < -0.39 is 10.0 Å². The van der Waals surface area contributed by atoms with Crippen LogP contribution in [0.25, 0.3) is 0 Å². The normalized spacial score (nSPS) is 15.7. The molecule has 1 aliphatic rings. The third kappa shape index (κ3) is 5.66. The van der Waals surface area contributed by atoms with E-state index in [0.717, 1.165) is 59.9 Å². The number of rotatable bonds is 8. The van der Waals surface area contributed by atoms with Gasteiger partial charge in [-0.1, -0.05) is 35.9 Å². The zero-order valence-corrected chi connectivity index (χ0v) is 21.7. The number of methoxy groups -OCH3 is 1. The fourth-order valence-electron chi connectivity index (χ4n) is 5.05. The number of aryl methyl sites for hydroxylation is 3. The molecule has 1 aliphatic heterocycles. The highest BCUT2D eigenvalue weighted by molar-refractivity contribution is 7.89. The van der Waals surface area contributed by atoms with E-state index >= 15 is 0 Å². The van der Waals surface area contributed by atoms with Crippen LogP contribution in [0.5, 0.6) is 5.75 Å².